The van der Waals surface area contributed by atoms with Crippen molar-refractivity contribution in [1.82, 2.24) is 10.2 Å². The molecule has 2 saturated heterocycles. The second kappa shape index (κ2) is 6.45. The molecule has 1 N–H and O–H groups in total. The maximum atomic E-state index is 12.1. The maximum Gasteiger partial charge on any atom is 0.241 e. The van der Waals surface area contributed by atoms with Gasteiger partial charge in [0.2, 0.25) is 5.91 Å². The fraction of sp³-hybridized carbons (Fsp3) is 0.562. The van der Waals surface area contributed by atoms with Crippen molar-refractivity contribution in [3.63, 3.8) is 0 Å². The van der Waals surface area contributed by atoms with Gasteiger partial charge in [-0.25, -0.2) is 0 Å². The molecule has 0 unspecified atom stereocenters. The maximum absolute atomic E-state index is 12.1. The van der Waals surface area contributed by atoms with Gasteiger partial charge in [-0.2, -0.15) is 0 Å². The van der Waals surface area contributed by atoms with Crippen molar-refractivity contribution >= 4 is 5.91 Å². The van der Waals surface area contributed by atoms with Crippen LogP contribution in [-0.2, 0) is 9.53 Å². The van der Waals surface area contributed by atoms with Crippen LogP contribution < -0.4 is 10.1 Å². The van der Waals surface area contributed by atoms with Gasteiger partial charge in [0.15, 0.2) is 0 Å². The molecule has 2 fully saturated rings. The molecule has 2 heterocycles. The molecule has 5 nitrogen and oxygen atoms in total. The van der Waals surface area contributed by atoms with Gasteiger partial charge in [0.05, 0.1) is 19.8 Å². The Balaban J connectivity index is 1.81. The van der Waals surface area contributed by atoms with Crippen LogP contribution in [0, 0.1) is 0 Å². The van der Waals surface area contributed by atoms with Crippen LogP contribution in [0.4, 0.5) is 0 Å². The summed E-state index contributed by atoms with van der Waals surface area (Å²) in [6, 6.07) is 7.79. The van der Waals surface area contributed by atoms with Crippen LogP contribution in [-0.4, -0.2) is 43.2 Å². The monoisotopic (exact) mass is 290 g/mol. The van der Waals surface area contributed by atoms with E-state index in [9.17, 15) is 4.79 Å². The van der Waals surface area contributed by atoms with E-state index in [1.807, 2.05) is 24.3 Å². The molecule has 3 rings (SSSR count). The topological polar surface area (TPSA) is 50.8 Å². The molecule has 1 aromatic rings. The minimum absolute atomic E-state index is 0.0445. The highest BCUT2D eigenvalue weighted by Crippen LogP contribution is 2.33. The normalized spacial score (nSPS) is 25.5. The Labute approximate surface area is 125 Å². The molecule has 2 aliphatic heterocycles. The first-order chi connectivity index (χ1) is 10.3. The van der Waals surface area contributed by atoms with Crippen molar-refractivity contribution in [2.24, 2.45) is 0 Å². The summed E-state index contributed by atoms with van der Waals surface area (Å²) >= 11 is 0. The second-order valence-electron chi connectivity index (χ2n) is 5.48. The molecule has 1 aromatic carbocycles. The van der Waals surface area contributed by atoms with E-state index in [0.717, 1.165) is 30.7 Å². The van der Waals surface area contributed by atoms with Crippen LogP contribution in [0.25, 0.3) is 0 Å². The van der Waals surface area contributed by atoms with Gasteiger partial charge in [0, 0.05) is 12.1 Å². The Kier molecular flexibility index (Phi) is 4.41. The summed E-state index contributed by atoms with van der Waals surface area (Å²) in [5.74, 6) is 0.909. The number of para-hydroxylation sites is 1. The molecule has 2 atom stereocenters. The number of fused-ring (bicyclic) bond motifs is 1. The quantitative estimate of drug-likeness (QED) is 0.839. The van der Waals surface area contributed by atoms with Gasteiger partial charge < -0.3 is 14.8 Å². The molecular formula is C16H22N2O3. The number of carbonyl (C=O) groups excluding carboxylic acids is 1. The van der Waals surface area contributed by atoms with E-state index in [-0.39, 0.29) is 18.1 Å². The molecule has 0 spiro atoms. The lowest BCUT2D eigenvalue weighted by Crippen LogP contribution is -2.44. The summed E-state index contributed by atoms with van der Waals surface area (Å²) in [5, 5.41) is 3.07. The van der Waals surface area contributed by atoms with Gasteiger partial charge in [-0.15, -0.1) is 0 Å². The van der Waals surface area contributed by atoms with Crippen LogP contribution >= 0.6 is 0 Å². The summed E-state index contributed by atoms with van der Waals surface area (Å²) in [6.07, 6.45) is 2.03. The number of hydrogen-bond donors (Lipinski definition) is 1. The zero-order valence-electron chi connectivity index (χ0n) is 12.4. The van der Waals surface area contributed by atoms with E-state index in [0.29, 0.717) is 19.8 Å². The van der Waals surface area contributed by atoms with Gasteiger partial charge in [0.25, 0.3) is 0 Å². The third-order valence-corrected chi connectivity index (χ3v) is 4.05. The molecule has 5 heteroatoms. The highest BCUT2D eigenvalue weighted by molar-refractivity contribution is 5.84. The lowest BCUT2D eigenvalue weighted by atomic mass is 10.1. The number of hydrogen-bond acceptors (Lipinski definition) is 4. The molecule has 0 radical (unpaired) electrons. The SMILES string of the molecule is CCCCOc1ccccc1[C@@H]1NC(=O)[C@H]2COCCN21. The Morgan fingerprint density at radius 3 is 3.14 bits per heavy atom. The number of morpholine rings is 1. The molecule has 0 aliphatic carbocycles. The fourth-order valence-electron chi connectivity index (χ4n) is 2.89. The molecular weight excluding hydrogens is 268 g/mol. The highest BCUT2D eigenvalue weighted by Gasteiger charge is 2.43. The number of carbonyl (C=O) groups is 1. The van der Waals surface area contributed by atoms with Crippen LogP contribution in [0.1, 0.15) is 31.5 Å². The minimum Gasteiger partial charge on any atom is -0.493 e. The predicted molar refractivity (Wildman–Crippen MR) is 79.0 cm³/mol. The zero-order valence-corrected chi connectivity index (χ0v) is 12.4. The van der Waals surface area contributed by atoms with E-state index in [1.165, 1.54) is 0 Å². The first kappa shape index (κ1) is 14.4. The summed E-state index contributed by atoms with van der Waals surface area (Å²) in [4.78, 5) is 14.3. The minimum atomic E-state index is -0.174. The molecule has 0 bridgehead atoms. The van der Waals surface area contributed by atoms with E-state index in [1.54, 1.807) is 0 Å². The second-order valence-corrected chi connectivity index (χ2v) is 5.48. The van der Waals surface area contributed by atoms with Crippen LogP contribution in [0.5, 0.6) is 5.75 Å². The van der Waals surface area contributed by atoms with E-state index >= 15 is 0 Å². The van der Waals surface area contributed by atoms with Crippen molar-refractivity contribution in [1.29, 1.82) is 0 Å². The van der Waals surface area contributed by atoms with E-state index in [2.05, 4.69) is 17.1 Å². The van der Waals surface area contributed by atoms with Gasteiger partial charge in [0.1, 0.15) is 18.0 Å². The number of amides is 1. The average molecular weight is 290 g/mol. The standard InChI is InChI=1S/C16H22N2O3/c1-2-3-9-21-14-7-5-4-6-12(14)15-17-16(19)13-11-20-10-8-18(13)15/h4-7,13,15H,2-3,8-11H2,1H3,(H,17,19)/t13-,15-/m1/s1. The van der Waals surface area contributed by atoms with Crippen LogP contribution in [0.3, 0.4) is 0 Å². The van der Waals surface area contributed by atoms with E-state index in [4.69, 9.17) is 9.47 Å². The first-order valence-corrected chi connectivity index (χ1v) is 7.67. The summed E-state index contributed by atoms with van der Waals surface area (Å²) in [6.45, 7) is 4.75. The molecule has 21 heavy (non-hydrogen) atoms. The smallest absolute Gasteiger partial charge is 0.241 e. The number of ether oxygens (including phenoxy) is 2. The van der Waals surface area contributed by atoms with Crippen molar-refractivity contribution < 1.29 is 14.3 Å². The zero-order chi connectivity index (χ0) is 14.7. The van der Waals surface area contributed by atoms with Gasteiger partial charge in [-0.05, 0) is 12.5 Å². The predicted octanol–water partition coefficient (Wildman–Crippen LogP) is 1.69. The lowest BCUT2D eigenvalue weighted by molar-refractivity contribution is -0.125. The fourth-order valence-corrected chi connectivity index (χ4v) is 2.89. The lowest BCUT2D eigenvalue weighted by Gasteiger charge is -2.32. The highest BCUT2D eigenvalue weighted by atomic mass is 16.5. The van der Waals surface area contributed by atoms with Gasteiger partial charge >= 0.3 is 0 Å². The van der Waals surface area contributed by atoms with Crippen molar-refractivity contribution in [2.75, 3.05) is 26.4 Å². The number of benzene rings is 1. The van der Waals surface area contributed by atoms with Crippen LogP contribution in [0.15, 0.2) is 24.3 Å². The molecule has 114 valence electrons. The summed E-state index contributed by atoms with van der Waals surface area (Å²) in [7, 11) is 0. The number of unbranched alkanes of at least 4 members (excludes halogenated alkanes) is 1. The Bertz CT molecular complexity index is 506. The summed E-state index contributed by atoms with van der Waals surface area (Å²) in [5.41, 5.74) is 1.03. The van der Waals surface area contributed by atoms with E-state index < -0.39 is 0 Å². The molecule has 0 saturated carbocycles. The molecule has 2 aliphatic rings. The first-order valence-electron chi connectivity index (χ1n) is 7.67. The Morgan fingerprint density at radius 1 is 1.43 bits per heavy atom. The van der Waals surface area contributed by atoms with Gasteiger partial charge in [-0.1, -0.05) is 31.5 Å². The molecule has 0 aromatic heterocycles. The number of nitrogens with one attached hydrogen (secondary N) is 1. The number of nitrogens with zero attached hydrogens (tertiary/aromatic N) is 1. The Hall–Kier alpha value is -1.59. The Morgan fingerprint density at radius 2 is 2.29 bits per heavy atom. The largest absolute Gasteiger partial charge is 0.493 e. The summed E-state index contributed by atoms with van der Waals surface area (Å²) < 4.78 is 11.3. The average Bonchev–Trinajstić information content (AvgIpc) is 2.86. The van der Waals surface area contributed by atoms with Crippen molar-refractivity contribution in [2.45, 2.75) is 32.0 Å². The third kappa shape index (κ3) is 2.89. The van der Waals surface area contributed by atoms with Crippen molar-refractivity contribution in [3.8, 4) is 5.75 Å². The van der Waals surface area contributed by atoms with Gasteiger partial charge in [-0.3, -0.25) is 9.69 Å². The van der Waals surface area contributed by atoms with Crippen LogP contribution in [0.2, 0.25) is 0 Å². The van der Waals surface area contributed by atoms with Crippen molar-refractivity contribution in [3.05, 3.63) is 29.8 Å². The number of rotatable bonds is 5. The molecule has 1 amide bonds. The third-order valence-electron chi connectivity index (χ3n) is 4.05.